The molecule has 6 heteroatoms. The summed E-state index contributed by atoms with van der Waals surface area (Å²) < 4.78 is 39.1. The Labute approximate surface area is 123 Å². The molecule has 1 aromatic carbocycles. The van der Waals surface area contributed by atoms with Crippen molar-refractivity contribution in [1.82, 2.24) is 4.90 Å². The zero-order chi connectivity index (χ0) is 15.5. The number of nitrogen functional groups attached to an aromatic ring is 1. The maximum absolute atomic E-state index is 13.0. The molecule has 0 radical (unpaired) electrons. The fraction of sp³-hybridized carbons (Fsp3) is 0.600. The van der Waals surface area contributed by atoms with Gasteiger partial charge < -0.3 is 16.0 Å². The predicted octanol–water partition coefficient (Wildman–Crippen LogP) is 3.57. The van der Waals surface area contributed by atoms with Crippen LogP contribution in [0.15, 0.2) is 18.2 Å². The molecule has 1 saturated heterocycles. The second kappa shape index (κ2) is 6.56. The Morgan fingerprint density at radius 3 is 2.52 bits per heavy atom. The molecule has 0 atom stereocenters. The van der Waals surface area contributed by atoms with Crippen LogP contribution in [0.25, 0.3) is 0 Å². The summed E-state index contributed by atoms with van der Waals surface area (Å²) in [6.45, 7) is 5.06. The Morgan fingerprint density at radius 1 is 1.29 bits per heavy atom. The molecule has 2 rings (SSSR count). The van der Waals surface area contributed by atoms with Gasteiger partial charge in [-0.3, -0.25) is 0 Å². The topological polar surface area (TPSA) is 41.3 Å². The summed E-state index contributed by atoms with van der Waals surface area (Å²) in [6, 6.07) is 4.01. The standard InChI is InChI=1S/C15H22F3N3/c1-2-7-21-8-5-12(6-9-21)20-14-4-3-11(19)10-13(14)15(16,17)18/h3-4,10,12,20H,2,5-9,19H2,1H3. The molecule has 1 aliphatic heterocycles. The highest BCUT2D eigenvalue weighted by Gasteiger charge is 2.34. The lowest BCUT2D eigenvalue weighted by Crippen LogP contribution is -2.39. The highest BCUT2D eigenvalue weighted by molar-refractivity contribution is 5.59. The van der Waals surface area contributed by atoms with E-state index in [1.54, 1.807) is 0 Å². The van der Waals surface area contributed by atoms with Gasteiger partial charge in [-0.1, -0.05) is 6.92 Å². The third-order valence-electron chi connectivity index (χ3n) is 3.84. The summed E-state index contributed by atoms with van der Waals surface area (Å²) in [5.41, 5.74) is 5.05. The van der Waals surface area contributed by atoms with Gasteiger partial charge >= 0.3 is 6.18 Å². The van der Waals surface area contributed by atoms with Gasteiger partial charge in [0.1, 0.15) is 0 Å². The first kappa shape index (κ1) is 15.9. The minimum Gasteiger partial charge on any atom is -0.399 e. The molecule has 3 nitrogen and oxygen atoms in total. The van der Waals surface area contributed by atoms with Gasteiger partial charge in [-0.05, 0) is 44.0 Å². The van der Waals surface area contributed by atoms with E-state index in [1.165, 1.54) is 12.1 Å². The number of nitrogens with one attached hydrogen (secondary N) is 1. The molecule has 0 aromatic heterocycles. The van der Waals surface area contributed by atoms with Crippen LogP contribution in [0.3, 0.4) is 0 Å². The summed E-state index contributed by atoms with van der Waals surface area (Å²) >= 11 is 0. The zero-order valence-corrected chi connectivity index (χ0v) is 12.2. The van der Waals surface area contributed by atoms with Crippen LogP contribution in [0, 0.1) is 0 Å². The molecule has 1 fully saturated rings. The molecule has 1 heterocycles. The number of nitrogens with zero attached hydrogens (tertiary/aromatic N) is 1. The molecule has 0 saturated carbocycles. The molecule has 0 bridgehead atoms. The molecule has 1 aliphatic rings. The van der Waals surface area contributed by atoms with E-state index >= 15 is 0 Å². The number of halogens is 3. The van der Waals surface area contributed by atoms with E-state index in [0.717, 1.165) is 45.0 Å². The van der Waals surface area contributed by atoms with E-state index in [-0.39, 0.29) is 17.4 Å². The minimum absolute atomic E-state index is 0.0860. The SMILES string of the molecule is CCCN1CCC(Nc2ccc(N)cc2C(F)(F)F)CC1. The van der Waals surface area contributed by atoms with E-state index in [4.69, 9.17) is 5.73 Å². The summed E-state index contributed by atoms with van der Waals surface area (Å²) in [7, 11) is 0. The van der Waals surface area contributed by atoms with Gasteiger partial charge in [0.25, 0.3) is 0 Å². The minimum atomic E-state index is -4.39. The quantitative estimate of drug-likeness (QED) is 0.835. The lowest BCUT2D eigenvalue weighted by molar-refractivity contribution is -0.136. The summed E-state index contributed by atoms with van der Waals surface area (Å²) in [6.07, 6.45) is -1.56. The second-order valence-corrected chi connectivity index (χ2v) is 5.56. The fourth-order valence-electron chi connectivity index (χ4n) is 2.76. The van der Waals surface area contributed by atoms with Crippen molar-refractivity contribution in [3.63, 3.8) is 0 Å². The normalized spacial score (nSPS) is 17.9. The van der Waals surface area contributed by atoms with E-state index < -0.39 is 11.7 Å². The monoisotopic (exact) mass is 301 g/mol. The number of rotatable bonds is 4. The van der Waals surface area contributed by atoms with Crippen LogP contribution in [-0.4, -0.2) is 30.6 Å². The summed E-state index contributed by atoms with van der Waals surface area (Å²) in [4.78, 5) is 2.35. The molecule has 0 unspecified atom stereocenters. The first-order chi connectivity index (χ1) is 9.90. The summed E-state index contributed by atoms with van der Waals surface area (Å²) in [5.74, 6) is 0. The fourth-order valence-corrected chi connectivity index (χ4v) is 2.76. The van der Waals surface area contributed by atoms with Gasteiger partial charge in [0, 0.05) is 30.5 Å². The van der Waals surface area contributed by atoms with Crippen LogP contribution in [0.5, 0.6) is 0 Å². The van der Waals surface area contributed by atoms with Crippen molar-refractivity contribution in [2.75, 3.05) is 30.7 Å². The molecule has 0 aliphatic carbocycles. The molecular formula is C15H22F3N3. The Bertz CT molecular complexity index is 466. The Balaban J connectivity index is 2.04. The molecule has 0 spiro atoms. The van der Waals surface area contributed by atoms with Crippen molar-refractivity contribution >= 4 is 11.4 Å². The average Bonchev–Trinajstić information content (AvgIpc) is 2.42. The zero-order valence-electron chi connectivity index (χ0n) is 12.2. The van der Waals surface area contributed by atoms with Gasteiger partial charge in [0.15, 0.2) is 0 Å². The third-order valence-corrected chi connectivity index (χ3v) is 3.84. The van der Waals surface area contributed by atoms with Crippen LogP contribution in [0.2, 0.25) is 0 Å². The number of nitrogens with two attached hydrogens (primary N) is 1. The van der Waals surface area contributed by atoms with Gasteiger partial charge in [-0.25, -0.2) is 0 Å². The third kappa shape index (κ3) is 4.27. The van der Waals surface area contributed by atoms with Gasteiger partial charge in [-0.2, -0.15) is 13.2 Å². The van der Waals surface area contributed by atoms with Crippen molar-refractivity contribution in [1.29, 1.82) is 0 Å². The number of benzene rings is 1. The lowest BCUT2D eigenvalue weighted by atomic mass is 10.0. The highest BCUT2D eigenvalue weighted by Crippen LogP contribution is 2.36. The number of hydrogen-bond donors (Lipinski definition) is 2. The Kier molecular flexibility index (Phi) is 4.98. The van der Waals surface area contributed by atoms with Crippen molar-refractivity contribution in [3.8, 4) is 0 Å². The second-order valence-electron chi connectivity index (χ2n) is 5.56. The van der Waals surface area contributed by atoms with Crippen LogP contribution in [-0.2, 0) is 6.18 Å². The highest BCUT2D eigenvalue weighted by atomic mass is 19.4. The smallest absolute Gasteiger partial charge is 0.399 e. The van der Waals surface area contributed by atoms with Gasteiger partial charge in [0.2, 0.25) is 0 Å². The average molecular weight is 301 g/mol. The number of alkyl halides is 3. The molecule has 118 valence electrons. The van der Waals surface area contributed by atoms with Crippen LogP contribution in [0.1, 0.15) is 31.7 Å². The number of likely N-dealkylation sites (tertiary alicyclic amines) is 1. The maximum Gasteiger partial charge on any atom is 0.418 e. The van der Waals surface area contributed by atoms with Crippen molar-refractivity contribution in [2.24, 2.45) is 0 Å². The number of piperidine rings is 1. The van der Waals surface area contributed by atoms with Crippen LogP contribution >= 0.6 is 0 Å². The molecule has 0 amide bonds. The number of anilines is 2. The van der Waals surface area contributed by atoms with E-state index in [1.807, 2.05) is 0 Å². The van der Waals surface area contributed by atoms with Crippen molar-refractivity contribution in [3.05, 3.63) is 23.8 Å². The van der Waals surface area contributed by atoms with E-state index in [2.05, 4.69) is 17.1 Å². The van der Waals surface area contributed by atoms with Crippen molar-refractivity contribution in [2.45, 2.75) is 38.4 Å². The van der Waals surface area contributed by atoms with E-state index in [0.29, 0.717) is 0 Å². The summed E-state index contributed by atoms with van der Waals surface area (Å²) in [5, 5.41) is 3.04. The van der Waals surface area contributed by atoms with Crippen molar-refractivity contribution < 1.29 is 13.2 Å². The maximum atomic E-state index is 13.0. The molecule has 1 aromatic rings. The Morgan fingerprint density at radius 2 is 1.95 bits per heavy atom. The largest absolute Gasteiger partial charge is 0.418 e. The van der Waals surface area contributed by atoms with Gasteiger partial charge in [0.05, 0.1) is 5.56 Å². The molecule has 3 N–H and O–H groups in total. The van der Waals surface area contributed by atoms with Gasteiger partial charge in [-0.15, -0.1) is 0 Å². The molecule has 21 heavy (non-hydrogen) atoms. The number of hydrogen-bond acceptors (Lipinski definition) is 3. The van der Waals surface area contributed by atoms with Crippen LogP contribution < -0.4 is 11.1 Å². The van der Waals surface area contributed by atoms with Crippen LogP contribution in [0.4, 0.5) is 24.5 Å². The first-order valence-electron chi connectivity index (χ1n) is 7.35. The Hall–Kier alpha value is -1.43. The first-order valence-corrected chi connectivity index (χ1v) is 7.35. The molecular weight excluding hydrogens is 279 g/mol. The van der Waals surface area contributed by atoms with E-state index in [9.17, 15) is 13.2 Å². The lowest BCUT2D eigenvalue weighted by Gasteiger charge is -2.33. The predicted molar refractivity (Wildman–Crippen MR) is 79.2 cm³/mol.